The van der Waals surface area contributed by atoms with Gasteiger partial charge in [0.1, 0.15) is 21.5 Å². The first-order valence-corrected chi connectivity index (χ1v) is 7.27. The van der Waals surface area contributed by atoms with Crippen LogP contribution >= 0.6 is 11.6 Å². The second kappa shape index (κ2) is 5.54. The summed E-state index contributed by atoms with van der Waals surface area (Å²) in [5.41, 5.74) is -0.840. The molecule has 0 amide bonds. The van der Waals surface area contributed by atoms with Crippen molar-refractivity contribution in [3.63, 3.8) is 0 Å². The number of nitrogens with zero attached hydrogens (tertiary/aromatic N) is 2. The number of nitro groups is 1. The number of phenols is 1. The van der Waals surface area contributed by atoms with E-state index in [1.54, 1.807) is 0 Å². The molecule has 0 radical (unpaired) electrons. The fourth-order valence-electron chi connectivity index (χ4n) is 1.48. The second-order valence-electron chi connectivity index (χ2n) is 3.88. The summed E-state index contributed by atoms with van der Waals surface area (Å²) in [6.07, 6.45) is 1.02. The van der Waals surface area contributed by atoms with Crippen LogP contribution in [0.2, 0.25) is 5.15 Å². The lowest BCUT2D eigenvalue weighted by molar-refractivity contribution is -0.384. The molecule has 2 rings (SSSR count). The number of rotatable bonds is 4. The lowest BCUT2D eigenvalue weighted by Crippen LogP contribution is -2.14. The van der Waals surface area contributed by atoms with E-state index < -0.39 is 20.6 Å². The molecule has 110 valence electrons. The zero-order valence-corrected chi connectivity index (χ0v) is 11.8. The highest BCUT2D eigenvalue weighted by atomic mass is 35.5. The Hall–Kier alpha value is -2.39. The molecule has 1 heterocycles. The number of nitro benzene ring substituents is 1. The molecule has 1 aromatic heterocycles. The number of aromatic hydroxyl groups is 1. The van der Waals surface area contributed by atoms with E-state index in [2.05, 4.69) is 9.71 Å². The summed E-state index contributed by atoms with van der Waals surface area (Å²) >= 11 is 5.56. The third-order valence-corrected chi connectivity index (χ3v) is 4.01. The topological polar surface area (TPSA) is 122 Å². The predicted octanol–water partition coefficient (Wildman–Crippen LogP) is 2.15. The minimum atomic E-state index is -4.06. The number of nitrogens with one attached hydrogen (secondary N) is 1. The van der Waals surface area contributed by atoms with Gasteiger partial charge >= 0.3 is 0 Å². The Bertz CT molecular complexity index is 792. The van der Waals surface area contributed by atoms with Crippen molar-refractivity contribution in [2.24, 2.45) is 0 Å². The summed E-state index contributed by atoms with van der Waals surface area (Å²) < 4.78 is 26.3. The minimum absolute atomic E-state index is 0.115. The van der Waals surface area contributed by atoms with Gasteiger partial charge in [0.2, 0.25) is 0 Å². The van der Waals surface area contributed by atoms with E-state index in [4.69, 9.17) is 11.6 Å². The van der Waals surface area contributed by atoms with E-state index in [0.29, 0.717) is 0 Å². The lowest BCUT2D eigenvalue weighted by atomic mass is 10.2. The molecule has 0 saturated carbocycles. The Labute approximate surface area is 124 Å². The summed E-state index contributed by atoms with van der Waals surface area (Å²) in [5.74, 6) is -0.349. The van der Waals surface area contributed by atoms with Gasteiger partial charge in [0.05, 0.1) is 11.0 Å². The van der Waals surface area contributed by atoms with Crippen molar-refractivity contribution in [3.8, 4) is 5.75 Å². The molecule has 10 heteroatoms. The summed E-state index contributed by atoms with van der Waals surface area (Å²) in [7, 11) is -4.06. The Morgan fingerprint density at radius 2 is 2.00 bits per heavy atom. The number of halogens is 1. The van der Waals surface area contributed by atoms with Gasteiger partial charge in [0.15, 0.2) is 0 Å². The number of sulfonamides is 1. The van der Waals surface area contributed by atoms with Crippen molar-refractivity contribution in [1.82, 2.24) is 4.98 Å². The normalized spacial score (nSPS) is 11.1. The monoisotopic (exact) mass is 329 g/mol. The lowest BCUT2D eigenvalue weighted by Gasteiger charge is -2.08. The highest BCUT2D eigenvalue weighted by Crippen LogP contribution is 2.30. The van der Waals surface area contributed by atoms with Crippen molar-refractivity contribution >= 4 is 33.0 Å². The van der Waals surface area contributed by atoms with E-state index in [9.17, 15) is 23.6 Å². The third kappa shape index (κ3) is 3.38. The molecule has 1 aromatic carbocycles. The molecule has 0 aliphatic carbocycles. The van der Waals surface area contributed by atoms with Crippen molar-refractivity contribution in [3.05, 3.63) is 51.8 Å². The van der Waals surface area contributed by atoms with Gasteiger partial charge in [-0.05, 0) is 24.3 Å². The quantitative estimate of drug-likeness (QED) is 0.383. The highest BCUT2D eigenvalue weighted by molar-refractivity contribution is 7.92. The second-order valence-corrected chi connectivity index (χ2v) is 5.95. The molecule has 0 atom stereocenters. The average Bonchev–Trinajstić information content (AvgIpc) is 2.41. The number of phenolic OH excluding ortho intramolecular Hbond substituents is 1. The van der Waals surface area contributed by atoms with Crippen molar-refractivity contribution < 1.29 is 18.4 Å². The zero-order chi connectivity index (χ0) is 15.6. The van der Waals surface area contributed by atoms with Crippen molar-refractivity contribution in [1.29, 1.82) is 0 Å². The number of hydrogen-bond donors (Lipinski definition) is 2. The molecule has 0 saturated heterocycles. The molecule has 0 aliphatic heterocycles. The molecule has 0 fully saturated rings. The van der Waals surface area contributed by atoms with Gasteiger partial charge in [-0.1, -0.05) is 11.6 Å². The van der Waals surface area contributed by atoms with Gasteiger partial charge in [-0.15, -0.1) is 0 Å². The molecule has 21 heavy (non-hydrogen) atoms. The molecule has 2 N–H and O–H groups in total. The predicted molar refractivity (Wildman–Crippen MR) is 74.8 cm³/mol. The number of aromatic nitrogens is 1. The molecule has 0 aliphatic rings. The first-order chi connectivity index (χ1) is 9.79. The van der Waals surface area contributed by atoms with E-state index in [0.717, 1.165) is 24.4 Å². The van der Waals surface area contributed by atoms with Crippen LogP contribution in [0.1, 0.15) is 0 Å². The average molecular weight is 330 g/mol. The number of benzene rings is 1. The van der Waals surface area contributed by atoms with E-state index in [-0.39, 0.29) is 21.5 Å². The minimum Gasteiger partial charge on any atom is -0.508 e. The summed E-state index contributed by atoms with van der Waals surface area (Å²) in [5, 5.41) is 20.2. The van der Waals surface area contributed by atoms with Crippen LogP contribution in [0.4, 0.5) is 11.4 Å². The maximum atomic E-state index is 12.1. The number of anilines is 1. The SMILES string of the molecule is O=[N+]([O-])c1cc(O)ccc1NS(=O)(=O)c1ccc(Cl)nc1. The summed E-state index contributed by atoms with van der Waals surface area (Å²) in [6, 6.07) is 5.56. The van der Waals surface area contributed by atoms with Crippen molar-refractivity contribution in [2.75, 3.05) is 4.72 Å². The molecule has 8 nitrogen and oxygen atoms in total. The highest BCUT2D eigenvalue weighted by Gasteiger charge is 2.21. The fraction of sp³-hybridized carbons (Fsp3) is 0. The van der Waals surface area contributed by atoms with Crippen LogP contribution in [0.5, 0.6) is 5.75 Å². The Morgan fingerprint density at radius 3 is 2.57 bits per heavy atom. The van der Waals surface area contributed by atoms with Gasteiger partial charge in [0, 0.05) is 6.20 Å². The molecule has 0 spiro atoms. The van der Waals surface area contributed by atoms with Crippen LogP contribution in [0.3, 0.4) is 0 Å². The standard InChI is InChI=1S/C11H8ClN3O5S/c12-11-4-2-8(6-13-11)21(19,20)14-9-3-1-7(16)5-10(9)15(17)18/h1-6,14,16H. The van der Waals surface area contributed by atoms with Gasteiger partial charge in [-0.2, -0.15) is 0 Å². The molecular formula is C11H8ClN3O5S. The van der Waals surface area contributed by atoms with Crippen molar-refractivity contribution in [2.45, 2.75) is 4.90 Å². The van der Waals surface area contributed by atoms with Crippen LogP contribution in [0, 0.1) is 10.1 Å². The molecule has 2 aromatic rings. The first kappa shape index (κ1) is 15.0. The zero-order valence-electron chi connectivity index (χ0n) is 10.2. The Kier molecular flexibility index (Phi) is 3.96. The Morgan fingerprint density at radius 1 is 1.29 bits per heavy atom. The van der Waals surface area contributed by atoms with Gasteiger partial charge < -0.3 is 5.11 Å². The van der Waals surface area contributed by atoms with Gasteiger partial charge in [-0.3, -0.25) is 14.8 Å². The Balaban J connectivity index is 2.41. The fourth-order valence-corrected chi connectivity index (χ4v) is 2.61. The van der Waals surface area contributed by atoms with E-state index >= 15 is 0 Å². The summed E-state index contributed by atoms with van der Waals surface area (Å²) in [6.45, 7) is 0. The van der Waals surface area contributed by atoms with E-state index in [1.165, 1.54) is 12.1 Å². The number of hydrogen-bond acceptors (Lipinski definition) is 6. The largest absolute Gasteiger partial charge is 0.508 e. The van der Waals surface area contributed by atoms with Gasteiger partial charge in [0.25, 0.3) is 15.7 Å². The maximum Gasteiger partial charge on any atom is 0.297 e. The first-order valence-electron chi connectivity index (χ1n) is 5.41. The van der Waals surface area contributed by atoms with Crippen LogP contribution in [0.25, 0.3) is 0 Å². The number of pyridine rings is 1. The van der Waals surface area contributed by atoms with Crippen LogP contribution in [-0.2, 0) is 10.0 Å². The molecule has 0 bridgehead atoms. The maximum absolute atomic E-state index is 12.1. The van der Waals surface area contributed by atoms with Crippen LogP contribution in [0.15, 0.2) is 41.4 Å². The molecule has 0 unspecified atom stereocenters. The molecular weight excluding hydrogens is 322 g/mol. The van der Waals surface area contributed by atoms with E-state index in [1.807, 2.05) is 0 Å². The third-order valence-electron chi connectivity index (χ3n) is 2.43. The van der Waals surface area contributed by atoms with Gasteiger partial charge in [-0.25, -0.2) is 13.4 Å². The summed E-state index contributed by atoms with van der Waals surface area (Å²) in [4.78, 5) is 13.5. The van der Waals surface area contributed by atoms with Crippen LogP contribution < -0.4 is 4.72 Å². The van der Waals surface area contributed by atoms with Crippen LogP contribution in [-0.4, -0.2) is 23.4 Å². The smallest absolute Gasteiger partial charge is 0.297 e.